The highest BCUT2D eigenvalue weighted by molar-refractivity contribution is 8.00. The zero-order valence-electron chi connectivity index (χ0n) is 15.6. The fraction of sp³-hybridized carbons (Fsp3) is 0.263. The number of rotatable bonds is 7. The van der Waals surface area contributed by atoms with Crippen LogP contribution in [0.1, 0.15) is 17.3 Å². The van der Waals surface area contributed by atoms with E-state index in [2.05, 4.69) is 10.3 Å². The second-order valence-electron chi connectivity index (χ2n) is 5.97. The van der Waals surface area contributed by atoms with Crippen molar-refractivity contribution in [1.29, 1.82) is 0 Å². The Bertz CT molecular complexity index is 859. The van der Waals surface area contributed by atoms with E-state index in [-0.39, 0.29) is 11.7 Å². The largest absolute Gasteiger partial charge is 0.449 e. The monoisotopic (exact) mass is 421 g/mol. The van der Waals surface area contributed by atoms with Crippen molar-refractivity contribution in [2.45, 2.75) is 17.9 Å². The Labute approximate surface area is 172 Å². The molecule has 1 aromatic heterocycles. The number of pyridine rings is 1. The maximum absolute atomic E-state index is 12.5. The summed E-state index contributed by atoms with van der Waals surface area (Å²) in [4.78, 5) is 42.6. The minimum absolute atomic E-state index is 0.0728. The molecular formula is C19H20ClN3O4S. The minimum atomic E-state index is -1.04. The standard InChI is InChI=1S/C19H20ClN3O4S/c1-12(18(25)22-16-9-8-13(20)10-21-16)27-19(26)14-6-4-5-7-15(14)28-11-17(24)23(2)3/h4-10,12H,11H2,1-3H3,(H,21,22,25). The number of amides is 2. The van der Waals surface area contributed by atoms with Crippen LogP contribution >= 0.6 is 23.4 Å². The molecule has 28 heavy (non-hydrogen) atoms. The lowest BCUT2D eigenvalue weighted by Gasteiger charge is -2.15. The van der Waals surface area contributed by atoms with Crippen LogP contribution in [0.5, 0.6) is 0 Å². The molecule has 1 N–H and O–H groups in total. The quantitative estimate of drug-likeness (QED) is 0.546. The summed E-state index contributed by atoms with van der Waals surface area (Å²) in [6.07, 6.45) is 0.363. The summed E-state index contributed by atoms with van der Waals surface area (Å²) >= 11 is 6.99. The van der Waals surface area contributed by atoms with E-state index >= 15 is 0 Å². The molecule has 148 valence electrons. The van der Waals surface area contributed by atoms with Gasteiger partial charge in [0.05, 0.1) is 16.3 Å². The average Bonchev–Trinajstić information content (AvgIpc) is 2.67. The van der Waals surface area contributed by atoms with E-state index in [1.54, 1.807) is 50.5 Å². The molecular weight excluding hydrogens is 402 g/mol. The topological polar surface area (TPSA) is 88.6 Å². The Morgan fingerprint density at radius 3 is 2.57 bits per heavy atom. The third-order valence-corrected chi connectivity index (χ3v) is 4.87. The Balaban J connectivity index is 2.00. The van der Waals surface area contributed by atoms with Crippen LogP contribution in [-0.2, 0) is 14.3 Å². The molecule has 9 heteroatoms. The fourth-order valence-electron chi connectivity index (χ4n) is 1.98. The average molecular weight is 422 g/mol. The number of nitrogens with one attached hydrogen (secondary N) is 1. The molecule has 0 radical (unpaired) electrons. The molecule has 0 aliphatic heterocycles. The highest BCUT2D eigenvalue weighted by Crippen LogP contribution is 2.24. The first-order valence-corrected chi connectivity index (χ1v) is 9.69. The van der Waals surface area contributed by atoms with E-state index in [1.807, 2.05) is 0 Å². The zero-order valence-corrected chi connectivity index (χ0v) is 17.2. The van der Waals surface area contributed by atoms with Gasteiger partial charge in [-0.3, -0.25) is 9.59 Å². The van der Waals surface area contributed by atoms with E-state index in [4.69, 9.17) is 16.3 Å². The third kappa shape index (κ3) is 6.24. The molecule has 0 spiro atoms. The predicted molar refractivity (Wildman–Crippen MR) is 109 cm³/mol. The smallest absolute Gasteiger partial charge is 0.340 e. The normalized spacial score (nSPS) is 11.4. The van der Waals surface area contributed by atoms with Gasteiger partial charge in [-0.05, 0) is 31.2 Å². The van der Waals surface area contributed by atoms with Crippen LogP contribution in [0.15, 0.2) is 47.5 Å². The van der Waals surface area contributed by atoms with Gasteiger partial charge in [0.15, 0.2) is 6.10 Å². The molecule has 0 fully saturated rings. The number of aromatic nitrogens is 1. The number of esters is 1. The summed E-state index contributed by atoms with van der Waals surface area (Å²) in [6.45, 7) is 1.47. The van der Waals surface area contributed by atoms with Gasteiger partial charge in [-0.1, -0.05) is 23.7 Å². The maximum atomic E-state index is 12.5. The number of nitrogens with zero attached hydrogens (tertiary/aromatic N) is 2. The number of carbonyl (C=O) groups excluding carboxylic acids is 3. The SMILES string of the molecule is CC(OC(=O)c1ccccc1SCC(=O)N(C)C)C(=O)Nc1ccc(Cl)cn1. The van der Waals surface area contributed by atoms with Gasteiger partial charge in [0, 0.05) is 25.2 Å². The highest BCUT2D eigenvalue weighted by atomic mass is 35.5. The summed E-state index contributed by atoms with van der Waals surface area (Å²) in [7, 11) is 3.33. The first kappa shape index (κ1) is 21.7. The molecule has 0 saturated carbocycles. The van der Waals surface area contributed by atoms with Gasteiger partial charge in [0.1, 0.15) is 5.82 Å². The number of halogens is 1. The Hall–Kier alpha value is -2.58. The van der Waals surface area contributed by atoms with Gasteiger partial charge in [-0.2, -0.15) is 0 Å². The van der Waals surface area contributed by atoms with Gasteiger partial charge in [0.25, 0.3) is 5.91 Å². The van der Waals surface area contributed by atoms with Crippen molar-refractivity contribution in [3.8, 4) is 0 Å². The summed E-state index contributed by atoms with van der Waals surface area (Å²) < 4.78 is 5.28. The van der Waals surface area contributed by atoms with E-state index in [9.17, 15) is 14.4 Å². The van der Waals surface area contributed by atoms with Gasteiger partial charge in [-0.15, -0.1) is 11.8 Å². The number of hydrogen-bond donors (Lipinski definition) is 1. The van der Waals surface area contributed by atoms with E-state index in [1.165, 1.54) is 29.8 Å². The number of ether oxygens (including phenoxy) is 1. The van der Waals surface area contributed by atoms with Crippen molar-refractivity contribution in [3.63, 3.8) is 0 Å². The van der Waals surface area contributed by atoms with Crippen LogP contribution in [0.4, 0.5) is 5.82 Å². The highest BCUT2D eigenvalue weighted by Gasteiger charge is 2.21. The molecule has 1 unspecified atom stereocenters. The van der Waals surface area contributed by atoms with Crippen molar-refractivity contribution in [3.05, 3.63) is 53.2 Å². The predicted octanol–water partition coefficient (Wildman–Crippen LogP) is 3.10. The molecule has 0 aliphatic rings. The molecule has 2 aromatic rings. The Kier molecular flexibility index (Phi) is 7.83. The lowest BCUT2D eigenvalue weighted by Crippen LogP contribution is -2.30. The van der Waals surface area contributed by atoms with Crippen molar-refractivity contribution in [2.24, 2.45) is 0 Å². The lowest BCUT2D eigenvalue weighted by atomic mass is 10.2. The summed E-state index contributed by atoms with van der Waals surface area (Å²) in [5.41, 5.74) is 0.295. The molecule has 7 nitrogen and oxygen atoms in total. The number of thioether (sulfide) groups is 1. The van der Waals surface area contributed by atoms with E-state index in [0.29, 0.717) is 21.3 Å². The molecule has 1 atom stereocenters. The second kappa shape index (κ2) is 10.1. The Morgan fingerprint density at radius 2 is 1.93 bits per heavy atom. The molecule has 0 aliphatic carbocycles. The van der Waals surface area contributed by atoms with Gasteiger partial charge >= 0.3 is 5.97 Å². The van der Waals surface area contributed by atoms with Crippen LogP contribution in [-0.4, -0.2) is 53.6 Å². The van der Waals surface area contributed by atoms with Gasteiger partial charge in [-0.25, -0.2) is 9.78 Å². The molecule has 0 bridgehead atoms. The first-order chi connectivity index (χ1) is 13.3. The Morgan fingerprint density at radius 1 is 1.21 bits per heavy atom. The first-order valence-electron chi connectivity index (χ1n) is 8.33. The molecule has 0 saturated heterocycles. The van der Waals surface area contributed by atoms with Crippen LogP contribution < -0.4 is 5.32 Å². The summed E-state index contributed by atoms with van der Waals surface area (Å²) in [6, 6.07) is 9.91. The third-order valence-electron chi connectivity index (χ3n) is 3.59. The lowest BCUT2D eigenvalue weighted by molar-refractivity contribution is -0.126. The van der Waals surface area contributed by atoms with Crippen LogP contribution in [0, 0.1) is 0 Å². The van der Waals surface area contributed by atoms with Crippen molar-refractivity contribution in [1.82, 2.24) is 9.88 Å². The van der Waals surface area contributed by atoms with E-state index in [0.717, 1.165) is 0 Å². The van der Waals surface area contributed by atoms with Crippen molar-refractivity contribution >= 4 is 47.0 Å². The number of benzene rings is 1. The van der Waals surface area contributed by atoms with Crippen molar-refractivity contribution < 1.29 is 19.1 Å². The van der Waals surface area contributed by atoms with Crippen LogP contribution in [0.25, 0.3) is 0 Å². The minimum Gasteiger partial charge on any atom is -0.449 e. The van der Waals surface area contributed by atoms with Crippen LogP contribution in [0.3, 0.4) is 0 Å². The number of carbonyl (C=O) groups is 3. The molecule has 1 aromatic carbocycles. The molecule has 2 amide bonds. The number of anilines is 1. The molecule has 1 heterocycles. The van der Waals surface area contributed by atoms with Gasteiger partial charge < -0.3 is 15.0 Å². The van der Waals surface area contributed by atoms with Crippen LogP contribution in [0.2, 0.25) is 5.02 Å². The zero-order chi connectivity index (χ0) is 20.7. The number of hydrogen-bond acceptors (Lipinski definition) is 6. The second-order valence-corrected chi connectivity index (χ2v) is 7.43. The van der Waals surface area contributed by atoms with E-state index < -0.39 is 18.0 Å². The van der Waals surface area contributed by atoms with Crippen molar-refractivity contribution in [2.75, 3.05) is 25.2 Å². The van der Waals surface area contributed by atoms with Gasteiger partial charge in [0.2, 0.25) is 5.91 Å². The maximum Gasteiger partial charge on any atom is 0.340 e. The molecule has 2 rings (SSSR count). The summed E-state index contributed by atoms with van der Waals surface area (Å²) in [5.74, 6) is -0.745. The summed E-state index contributed by atoms with van der Waals surface area (Å²) in [5, 5.41) is 3.00. The fourth-order valence-corrected chi connectivity index (χ4v) is 3.12.